The van der Waals surface area contributed by atoms with E-state index in [-0.39, 0.29) is 5.56 Å². The summed E-state index contributed by atoms with van der Waals surface area (Å²) < 4.78 is 5.40. The van der Waals surface area contributed by atoms with Crippen molar-refractivity contribution in [3.63, 3.8) is 0 Å². The lowest BCUT2D eigenvalue weighted by Gasteiger charge is -2.24. The average molecular weight is 395 g/mol. The minimum atomic E-state index is -0.696. The van der Waals surface area contributed by atoms with Crippen molar-refractivity contribution in [2.45, 2.75) is 38.2 Å². The zero-order chi connectivity index (χ0) is 19.7. The summed E-state index contributed by atoms with van der Waals surface area (Å²) in [5.74, 6) is 0.487. The van der Waals surface area contributed by atoms with Crippen LogP contribution in [0.3, 0.4) is 0 Å². The molecule has 0 saturated heterocycles. The predicted molar refractivity (Wildman–Crippen MR) is 109 cm³/mol. The number of thiophene rings is 1. The highest BCUT2D eigenvalue weighted by atomic mass is 32.1. The molecule has 1 aliphatic rings. The number of nitrogens with one attached hydrogen (secondary N) is 1. The SMILES string of the molecule is Cc1cc(C2CCC2)oc(=O)c1C(=O)Nc1ccc(C(O)c2cccs2)cc1. The van der Waals surface area contributed by atoms with E-state index in [4.69, 9.17) is 4.42 Å². The first-order valence-corrected chi connectivity index (χ1v) is 10.2. The molecule has 1 unspecified atom stereocenters. The molecule has 5 nitrogen and oxygen atoms in total. The molecule has 1 atom stereocenters. The van der Waals surface area contributed by atoms with Crippen LogP contribution in [0.4, 0.5) is 5.69 Å². The van der Waals surface area contributed by atoms with E-state index in [1.807, 2.05) is 17.5 Å². The summed E-state index contributed by atoms with van der Waals surface area (Å²) in [6.07, 6.45) is 2.50. The van der Waals surface area contributed by atoms with Crippen LogP contribution >= 0.6 is 11.3 Å². The molecule has 3 aromatic rings. The summed E-state index contributed by atoms with van der Waals surface area (Å²) in [5.41, 5.74) is 1.35. The smallest absolute Gasteiger partial charge is 0.349 e. The molecule has 0 aliphatic heterocycles. The Labute approximate surface area is 166 Å². The number of hydrogen-bond acceptors (Lipinski definition) is 5. The fraction of sp³-hybridized carbons (Fsp3) is 0.273. The molecule has 0 bridgehead atoms. The Morgan fingerprint density at radius 1 is 1.25 bits per heavy atom. The highest BCUT2D eigenvalue weighted by Gasteiger charge is 2.25. The lowest BCUT2D eigenvalue weighted by atomic mass is 9.83. The van der Waals surface area contributed by atoms with E-state index in [1.54, 1.807) is 37.3 Å². The molecular weight excluding hydrogens is 374 g/mol. The van der Waals surface area contributed by atoms with Crippen LogP contribution in [0.5, 0.6) is 0 Å². The van der Waals surface area contributed by atoms with Gasteiger partial charge in [0, 0.05) is 16.5 Å². The van der Waals surface area contributed by atoms with Crippen molar-refractivity contribution in [2.75, 3.05) is 5.32 Å². The van der Waals surface area contributed by atoms with E-state index in [1.165, 1.54) is 11.3 Å². The van der Waals surface area contributed by atoms with Crippen LogP contribution < -0.4 is 10.9 Å². The topological polar surface area (TPSA) is 79.5 Å². The molecule has 1 saturated carbocycles. The third-order valence-corrected chi connectivity index (χ3v) is 6.12. The lowest BCUT2D eigenvalue weighted by Crippen LogP contribution is -2.24. The zero-order valence-electron chi connectivity index (χ0n) is 15.5. The van der Waals surface area contributed by atoms with Gasteiger partial charge in [-0.1, -0.05) is 24.6 Å². The van der Waals surface area contributed by atoms with Gasteiger partial charge in [0.2, 0.25) is 0 Å². The Morgan fingerprint density at radius 2 is 2.00 bits per heavy atom. The molecule has 1 fully saturated rings. The summed E-state index contributed by atoms with van der Waals surface area (Å²) in [5, 5.41) is 15.0. The third-order valence-electron chi connectivity index (χ3n) is 5.20. The van der Waals surface area contributed by atoms with Gasteiger partial charge in [0.05, 0.1) is 0 Å². The van der Waals surface area contributed by atoms with Crippen molar-refractivity contribution < 1.29 is 14.3 Å². The monoisotopic (exact) mass is 395 g/mol. The van der Waals surface area contributed by atoms with Gasteiger partial charge in [-0.2, -0.15) is 0 Å². The minimum Gasteiger partial charge on any atom is -0.427 e. The number of aliphatic hydroxyl groups is 1. The van der Waals surface area contributed by atoms with Gasteiger partial charge in [-0.3, -0.25) is 4.79 Å². The second-order valence-electron chi connectivity index (χ2n) is 7.12. The number of benzene rings is 1. The molecule has 2 N–H and O–H groups in total. The van der Waals surface area contributed by atoms with Crippen LogP contribution in [0, 0.1) is 6.92 Å². The van der Waals surface area contributed by atoms with Crippen molar-refractivity contribution in [2.24, 2.45) is 0 Å². The Hall–Kier alpha value is -2.70. The van der Waals surface area contributed by atoms with Crippen molar-refractivity contribution in [1.82, 2.24) is 0 Å². The fourth-order valence-corrected chi connectivity index (χ4v) is 4.09. The second-order valence-corrected chi connectivity index (χ2v) is 8.10. The second kappa shape index (κ2) is 7.73. The van der Waals surface area contributed by atoms with Crippen molar-refractivity contribution >= 4 is 22.9 Å². The molecule has 1 aromatic carbocycles. The molecule has 2 heterocycles. The van der Waals surface area contributed by atoms with Crippen molar-refractivity contribution in [3.05, 3.63) is 85.6 Å². The standard InChI is InChI=1S/C22H21NO4S/c1-13-12-17(14-4-2-5-14)27-22(26)19(13)21(25)23-16-9-7-15(8-10-16)20(24)18-6-3-11-28-18/h3,6-12,14,20,24H,2,4-5H2,1H3,(H,23,25). The summed E-state index contributed by atoms with van der Waals surface area (Å²) in [6.45, 7) is 1.76. The van der Waals surface area contributed by atoms with Crippen LogP contribution in [0.25, 0.3) is 0 Å². The maximum Gasteiger partial charge on any atom is 0.349 e. The average Bonchev–Trinajstić information content (AvgIpc) is 3.14. The van der Waals surface area contributed by atoms with Gasteiger partial charge in [0.1, 0.15) is 17.4 Å². The number of anilines is 1. The first kappa shape index (κ1) is 18.7. The predicted octanol–water partition coefficient (Wildman–Crippen LogP) is 4.61. The normalized spacial score (nSPS) is 15.1. The van der Waals surface area contributed by atoms with E-state index in [0.29, 0.717) is 22.9 Å². The molecular formula is C22H21NO4S. The van der Waals surface area contributed by atoms with E-state index in [9.17, 15) is 14.7 Å². The Morgan fingerprint density at radius 3 is 2.57 bits per heavy atom. The van der Waals surface area contributed by atoms with Crippen LogP contribution in [0.2, 0.25) is 0 Å². The number of carbonyl (C=O) groups is 1. The molecule has 4 rings (SSSR count). The molecule has 2 aromatic heterocycles. The molecule has 28 heavy (non-hydrogen) atoms. The Kier molecular flexibility index (Phi) is 5.15. The number of aryl methyl sites for hydroxylation is 1. The van der Waals surface area contributed by atoms with Gasteiger partial charge in [-0.15, -0.1) is 11.3 Å². The van der Waals surface area contributed by atoms with Crippen LogP contribution in [0.1, 0.15) is 63.4 Å². The van der Waals surface area contributed by atoms with Crippen LogP contribution in [-0.4, -0.2) is 11.0 Å². The first-order chi connectivity index (χ1) is 13.5. The van der Waals surface area contributed by atoms with Crippen molar-refractivity contribution in [3.8, 4) is 0 Å². The van der Waals surface area contributed by atoms with Crippen LogP contribution in [-0.2, 0) is 0 Å². The van der Waals surface area contributed by atoms with Gasteiger partial charge < -0.3 is 14.8 Å². The quantitative estimate of drug-likeness (QED) is 0.661. The molecule has 0 radical (unpaired) electrons. The summed E-state index contributed by atoms with van der Waals surface area (Å²) in [4.78, 5) is 25.8. The van der Waals surface area contributed by atoms with Crippen LogP contribution in [0.15, 0.2) is 57.1 Å². The highest BCUT2D eigenvalue weighted by Crippen LogP contribution is 2.36. The van der Waals surface area contributed by atoms with Gasteiger partial charge >= 0.3 is 5.63 Å². The van der Waals surface area contributed by atoms with E-state index < -0.39 is 17.6 Å². The van der Waals surface area contributed by atoms with Gasteiger partial charge in [0.15, 0.2) is 0 Å². The van der Waals surface area contributed by atoms with Gasteiger partial charge in [-0.05, 0) is 60.5 Å². The van der Waals surface area contributed by atoms with E-state index in [2.05, 4.69) is 5.32 Å². The largest absolute Gasteiger partial charge is 0.427 e. The minimum absolute atomic E-state index is 0.0331. The van der Waals surface area contributed by atoms with Gasteiger partial charge in [0.25, 0.3) is 5.91 Å². The number of carbonyl (C=O) groups excluding carboxylic acids is 1. The maximum atomic E-state index is 12.6. The molecule has 144 valence electrons. The number of aliphatic hydroxyl groups excluding tert-OH is 1. The molecule has 0 spiro atoms. The summed E-state index contributed by atoms with van der Waals surface area (Å²) in [6, 6.07) is 12.5. The Bertz CT molecular complexity index is 1030. The zero-order valence-corrected chi connectivity index (χ0v) is 16.3. The number of hydrogen-bond donors (Lipinski definition) is 2. The first-order valence-electron chi connectivity index (χ1n) is 9.30. The van der Waals surface area contributed by atoms with E-state index >= 15 is 0 Å². The lowest BCUT2D eigenvalue weighted by molar-refractivity contribution is 0.102. The maximum absolute atomic E-state index is 12.6. The number of amides is 1. The summed E-state index contributed by atoms with van der Waals surface area (Å²) in [7, 11) is 0. The highest BCUT2D eigenvalue weighted by molar-refractivity contribution is 7.10. The fourth-order valence-electron chi connectivity index (χ4n) is 3.35. The molecule has 6 heteroatoms. The molecule has 1 amide bonds. The van der Waals surface area contributed by atoms with Gasteiger partial charge in [-0.25, -0.2) is 4.79 Å². The van der Waals surface area contributed by atoms with Crippen molar-refractivity contribution in [1.29, 1.82) is 0 Å². The molecule has 1 aliphatic carbocycles. The number of rotatable bonds is 5. The third kappa shape index (κ3) is 3.66. The van der Waals surface area contributed by atoms with E-state index in [0.717, 1.165) is 29.7 Å². The summed E-state index contributed by atoms with van der Waals surface area (Å²) >= 11 is 1.49. The Balaban J connectivity index is 1.50.